The van der Waals surface area contributed by atoms with Gasteiger partial charge in [0.1, 0.15) is 12.7 Å². The van der Waals surface area contributed by atoms with Crippen molar-refractivity contribution in [1.82, 2.24) is 0 Å². The molecule has 0 saturated carbocycles. The van der Waals surface area contributed by atoms with Crippen LogP contribution in [0.2, 0.25) is 0 Å². The van der Waals surface area contributed by atoms with Crippen LogP contribution in [-0.2, 0) is 32.7 Å². The molecule has 3 atom stereocenters. The van der Waals surface area contributed by atoms with Gasteiger partial charge in [-0.05, 0) is 12.8 Å². The lowest BCUT2D eigenvalue weighted by atomic mass is 10.0. The Labute approximate surface area is 394 Å². The molecule has 11 heteroatoms. The quantitative estimate of drug-likeness (QED) is 0.0306. The molecule has 0 saturated heterocycles. The van der Waals surface area contributed by atoms with Gasteiger partial charge in [-0.1, -0.05) is 264 Å². The first-order chi connectivity index (χ1) is 31.2. The zero-order valence-corrected chi connectivity index (χ0v) is 42.9. The zero-order chi connectivity index (χ0) is 46.9. The highest BCUT2D eigenvalue weighted by molar-refractivity contribution is 7.47. The third kappa shape index (κ3) is 48.9. The lowest BCUT2D eigenvalue weighted by Crippen LogP contribution is -2.29. The summed E-state index contributed by atoms with van der Waals surface area (Å²) in [4.78, 5) is 35.2. The average molecular weight is 933 g/mol. The van der Waals surface area contributed by atoms with Crippen molar-refractivity contribution < 1.29 is 47.8 Å². The molecule has 0 aliphatic rings. The number of esters is 2. The van der Waals surface area contributed by atoms with Gasteiger partial charge in [-0.3, -0.25) is 18.6 Å². The molecule has 10 nitrogen and oxygen atoms in total. The van der Waals surface area contributed by atoms with Gasteiger partial charge in [0.25, 0.3) is 0 Å². The van der Waals surface area contributed by atoms with Crippen molar-refractivity contribution in [3.8, 4) is 0 Å². The molecular formula is C53H105O10P. The summed E-state index contributed by atoms with van der Waals surface area (Å²) in [5.41, 5.74) is 0. The molecule has 0 aromatic rings. The topological polar surface area (TPSA) is 149 Å². The zero-order valence-electron chi connectivity index (χ0n) is 42.0. The molecule has 3 N–H and O–H groups in total. The Bertz CT molecular complexity index is 1030. The van der Waals surface area contributed by atoms with Gasteiger partial charge in [-0.15, -0.1) is 0 Å². The molecule has 0 aliphatic heterocycles. The summed E-state index contributed by atoms with van der Waals surface area (Å²) in [7, 11) is -4.62. The van der Waals surface area contributed by atoms with E-state index in [4.69, 9.17) is 23.6 Å². The number of carbonyl (C=O) groups excluding carboxylic acids is 2. The van der Waals surface area contributed by atoms with Gasteiger partial charge >= 0.3 is 19.8 Å². The Morgan fingerprint density at radius 1 is 0.406 bits per heavy atom. The van der Waals surface area contributed by atoms with E-state index in [1.165, 1.54) is 218 Å². The smallest absolute Gasteiger partial charge is 0.462 e. The highest BCUT2D eigenvalue weighted by Crippen LogP contribution is 2.43. The third-order valence-electron chi connectivity index (χ3n) is 12.5. The molecule has 0 rings (SSSR count). The highest BCUT2D eigenvalue weighted by atomic mass is 31.2. The molecule has 382 valence electrons. The van der Waals surface area contributed by atoms with Crippen LogP contribution in [0.5, 0.6) is 0 Å². The summed E-state index contributed by atoms with van der Waals surface area (Å²) in [6.07, 6.45) is 50.7. The Balaban J connectivity index is 4.08. The van der Waals surface area contributed by atoms with E-state index in [1.54, 1.807) is 0 Å². The van der Waals surface area contributed by atoms with Crippen LogP contribution in [0.1, 0.15) is 290 Å². The SMILES string of the molecule is CCCCCCCCCCCCCCCCCCCCCCCC(=O)OC(COC(=O)CCCCCCCCCCCCCCCCCCCCCC)COP(=O)(O)OCC(O)CO. The molecule has 0 fully saturated rings. The van der Waals surface area contributed by atoms with Gasteiger partial charge in [0.2, 0.25) is 0 Å². The minimum atomic E-state index is -4.62. The fourth-order valence-electron chi connectivity index (χ4n) is 8.29. The van der Waals surface area contributed by atoms with E-state index in [0.29, 0.717) is 12.8 Å². The van der Waals surface area contributed by atoms with Gasteiger partial charge < -0.3 is 24.6 Å². The summed E-state index contributed by atoms with van der Waals surface area (Å²) in [5.74, 6) is -0.900. The molecule has 3 unspecified atom stereocenters. The summed E-state index contributed by atoms with van der Waals surface area (Å²) >= 11 is 0. The minimum absolute atomic E-state index is 0.193. The van der Waals surface area contributed by atoms with E-state index >= 15 is 0 Å². The van der Waals surface area contributed by atoms with Gasteiger partial charge in [0.05, 0.1) is 19.8 Å². The van der Waals surface area contributed by atoms with Crippen LogP contribution >= 0.6 is 7.82 Å². The lowest BCUT2D eigenvalue weighted by molar-refractivity contribution is -0.161. The van der Waals surface area contributed by atoms with Crippen molar-refractivity contribution in [2.24, 2.45) is 0 Å². The Kier molecular flexibility index (Phi) is 49.1. The van der Waals surface area contributed by atoms with Crippen molar-refractivity contribution >= 4 is 19.8 Å². The number of unbranched alkanes of at least 4 members (excludes halogenated alkanes) is 39. The highest BCUT2D eigenvalue weighted by Gasteiger charge is 2.27. The minimum Gasteiger partial charge on any atom is -0.462 e. The molecule has 0 spiro atoms. The van der Waals surface area contributed by atoms with Crippen molar-refractivity contribution in [1.29, 1.82) is 0 Å². The van der Waals surface area contributed by atoms with Crippen LogP contribution in [0.3, 0.4) is 0 Å². The van der Waals surface area contributed by atoms with Gasteiger partial charge in [0.15, 0.2) is 6.10 Å². The van der Waals surface area contributed by atoms with E-state index in [9.17, 15) is 24.2 Å². The second-order valence-corrected chi connectivity index (χ2v) is 20.4. The van der Waals surface area contributed by atoms with Crippen molar-refractivity contribution in [2.45, 2.75) is 302 Å². The molecule has 64 heavy (non-hydrogen) atoms. The Morgan fingerprint density at radius 3 is 0.969 bits per heavy atom. The van der Waals surface area contributed by atoms with Gasteiger partial charge in [-0.2, -0.15) is 0 Å². The molecule has 0 aromatic heterocycles. The number of aliphatic hydroxyl groups is 2. The maximum Gasteiger partial charge on any atom is 0.472 e. The first kappa shape index (κ1) is 63.0. The summed E-state index contributed by atoms with van der Waals surface area (Å²) < 4.78 is 32.9. The largest absolute Gasteiger partial charge is 0.472 e. The number of hydrogen-bond donors (Lipinski definition) is 3. The van der Waals surface area contributed by atoms with Crippen LogP contribution in [0.25, 0.3) is 0 Å². The number of rotatable bonds is 53. The predicted octanol–water partition coefficient (Wildman–Crippen LogP) is 15.7. The number of phosphoric ester groups is 1. The summed E-state index contributed by atoms with van der Waals surface area (Å²) in [5, 5.41) is 18.4. The van der Waals surface area contributed by atoms with Crippen molar-refractivity contribution in [2.75, 3.05) is 26.4 Å². The first-order valence-corrected chi connectivity index (χ1v) is 29.0. The molecule has 0 heterocycles. The van der Waals surface area contributed by atoms with E-state index < -0.39 is 51.8 Å². The van der Waals surface area contributed by atoms with Crippen LogP contribution in [0.15, 0.2) is 0 Å². The molecule has 0 bridgehead atoms. The van der Waals surface area contributed by atoms with Crippen LogP contribution < -0.4 is 0 Å². The number of carbonyl (C=O) groups is 2. The molecule has 0 amide bonds. The molecule has 0 aromatic carbocycles. The summed E-state index contributed by atoms with van der Waals surface area (Å²) in [6, 6.07) is 0. The van der Waals surface area contributed by atoms with E-state index in [1.807, 2.05) is 0 Å². The average Bonchev–Trinajstić information content (AvgIpc) is 3.28. The van der Waals surface area contributed by atoms with Crippen molar-refractivity contribution in [3.05, 3.63) is 0 Å². The van der Waals surface area contributed by atoms with E-state index in [2.05, 4.69) is 13.8 Å². The standard InChI is InChI=1S/C53H105O10P/c1-3-5-7-9-11-13-15-17-19-21-23-25-27-29-31-33-35-37-39-41-43-45-53(57)63-51(49-62-64(58,59)61-47-50(55)46-54)48-60-52(56)44-42-40-38-36-34-32-30-28-26-24-22-20-18-16-14-12-10-8-6-4-2/h50-51,54-55H,3-49H2,1-2H3,(H,58,59). The Morgan fingerprint density at radius 2 is 0.672 bits per heavy atom. The number of phosphoric acid groups is 1. The fraction of sp³-hybridized carbons (Fsp3) is 0.962. The second-order valence-electron chi connectivity index (χ2n) is 19.0. The predicted molar refractivity (Wildman–Crippen MR) is 266 cm³/mol. The normalized spacial score (nSPS) is 13.5. The number of hydrogen-bond acceptors (Lipinski definition) is 9. The Hall–Kier alpha value is -1.03. The fourth-order valence-corrected chi connectivity index (χ4v) is 9.08. The van der Waals surface area contributed by atoms with Gasteiger partial charge in [0, 0.05) is 12.8 Å². The van der Waals surface area contributed by atoms with Crippen LogP contribution in [0.4, 0.5) is 0 Å². The van der Waals surface area contributed by atoms with E-state index in [0.717, 1.165) is 32.1 Å². The maximum atomic E-state index is 12.7. The van der Waals surface area contributed by atoms with Gasteiger partial charge in [-0.25, -0.2) is 4.57 Å². The van der Waals surface area contributed by atoms with Crippen LogP contribution in [0, 0.1) is 0 Å². The maximum absolute atomic E-state index is 12.7. The number of ether oxygens (including phenoxy) is 2. The third-order valence-corrected chi connectivity index (χ3v) is 13.5. The van der Waals surface area contributed by atoms with E-state index in [-0.39, 0.29) is 19.4 Å². The lowest BCUT2D eigenvalue weighted by Gasteiger charge is -2.20. The molecule has 0 radical (unpaired) electrons. The second kappa shape index (κ2) is 49.9. The first-order valence-electron chi connectivity index (χ1n) is 27.5. The monoisotopic (exact) mass is 933 g/mol. The van der Waals surface area contributed by atoms with Crippen molar-refractivity contribution in [3.63, 3.8) is 0 Å². The number of aliphatic hydroxyl groups excluding tert-OH is 2. The molecule has 0 aliphatic carbocycles. The molecular weight excluding hydrogens is 828 g/mol. The van der Waals surface area contributed by atoms with Crippen LogP contribution in [-0.4, -0.2) is 65.7 Å². The summed E-state index contributed by atoms with van der Waals surface area (Å²) in [6.45, 7) is 2.47.